The second-order valence-electron chi connectivity index (χ2n) is 11.6. The van der Waals surface area contributed by atoms with Gasteiger partial charge in [0.05, 0.1) is 24.6 Å². The molecule has 0 aromatic heterocycles. The number of nitrogens with zero attached hydrogens (tertiary/aromatic N) is 1. The molecular weight excluding hydrogens is 649 g/mol. The molecule has 0 amide bonds. The quantitative estimate of drug-likeness (QED) is 0.0547. The fourth-order valence-electron chi connectivity index (χ4n) is 4.99. The summed E-state index contributed by atoms with van der Waals surface area (Å²) in [5, 5.41) is 0. The van der Waals surface area contributed by atoms with E-state index in [4.69, 9.17) is 5.73 Å². The maximum Gasteiger partial charge on any atom is 0.480 e. The number of unbranched alkanes of at least 4 members (excludes halogenated alkanes) is 15. The highest BCUT2D eigenvalue weighted by molar-refractivity contribution is 8.13. The molecule has 15 heteroatoms. The van der Waals surface area contributed by atoms with Gasteiger partial charge in [-0.25, -0.2) is 16.8 Å². The van der Waals surface area contributed by atoms with Gasteiger partial charge in [0.2, 0.25) is 0 Å². The van der Waals surface area contributed by atoms with Crippen molar-refractivity contribution >= 4 is 27.3 Å². The van der Waals surface area contributed by atoms with Gasteiger partial charge < -0.3 is 9.86 Å². The van der Waals surface area contributed by atoms with E-state index < -0.39 is 38.3 Å². The summed E-state index contributed by atoms with van der Waals surface area (Å²) in [6.07, 6.45) is 33.7. The van der Waals surface area contributed by atoms with Gasteiger partial charge in [0.1, 0.15) is 0 Å². The van der Waals surface area contributed by atoms with Gasteiger partial charge in [0, 0.05) is 7.26 Å². The lowest BCUT2D eigenvalue weighted by atomic mass is 10.1. The highest BCUT2D eigenvalue weighted by atomic mass is 32.3. The molecule has 0 saturated carbocycles. The molecule has 0 rings (SSSR count). The van der Waals surface area contributed by atoms with Crippen molar-refractivity contribution in [2.24, 2.45) is 5.73 Å². The first kappa shape index (κ1) is 46.0. The number of nitrogens with two attached hydrogens (primary N) is 1. The third kappa shape index (κ3) is 22.4. The Balaban J connectivity index is 0. The van der Waals surface area contributed by atoms with E-state index in [2.05, 4.69) is 20.8 Å². The van der Waals surface area contributed by atoms with Gasteiger partial charge in [-0.15, -0.1) is 0 Å². The number of hydrogen-bond acceptors (Lipinski definition) is 5. The summed E-state index contributed by atoms with van der Waals surface area (Å²) in [6, 6.07) is 0. The standard InChI is InChI=1S/C27H59NP.C2F6NO4S2/c1-4-7-10-13-16-19-24-29(27-22-23-28,25-20-17-14-11-8-5-2)26-21-18-15-12-9-6-3;3-1(4,5)14(10,11)9-15(12,13)2(6,7)8/h4-28H2,1-3H3;/q+1;-1. The minimum Gasteiger partial charge on any atom is -0.421 e. The number of sulfonamides is 2. The average Bonchev–Trinajstić information content (AvgIpc) is 2.91. The second-order valence-corrected chi connectivity index (χ2v) is 19.5. The van der Waals surface area contributed by atoms with E-state index in [-0.39, 0.29) is 0 Å². The van der Waals surface area contributed by atoms with Gasteiger partial charge in [-0.2, -0.15) is 26.3 Å². The number of alkyl halides is 6. The van der Waals surface area contributed by atoms with Gasteiger partial charge in [0.15, 0.2) is 20.0 Å². The molecule has 2 N–H and O–H groups in total. The Hall–Kier alpha value is -0.170. The molecule has 0 bridgehead atoms. The van der Waals surface area contributed by atoms with Crippen LogP contribution in [0.3, 0.4) is 0 Å². The summed E-state index contributed by atoms with van der Waals surface area (Å²) in [5.74, 6) is 0. The molecular formula is C29H59F6N2O4PS2. The largest absolute Gasteiger partial charge is 0.480 e. The maximum absolute atomic E-state index is 11.4. The van der Waals surface area contributed by atoms with E-state index in [1.54, 1.807) is 18.5 Å². The molecule has 0 unspecified atom stereocenters. The van der Waals surface area contributed by atoms with E-state index in [9.17, 15) is 43.2 Å². The third-order valence-corrected chi connectivity index (χ3v) is 15.4. The van der Waals surface area contributed by atoms with Crippen LogP contribution >= 0.6 is 7.26 Å². The number of hydrogen-bond donors (Lipinski definition) is 1. The molecule has 0 aliphatic carbocycles. The highest BCUT2D eigenvalue weighted by Crippen LogP contribution is 2.61. The Kier molecular flexibility index (Phi) is 26.0. The third-order valence-electron chi connectivity index (χ3n) is 7.58. The van der Waals surface area contributed by atoms with Crippen molar-refractivity contribution in [1.82, 2.24) is 0 Å². The van der Waals surface area contributed by atoms with Crippen LogP contribution in [0.5, 0.6) is 0 Å². The van der Waals surface area contributed by atoms with Crippen molar-refractivity contribution in [1.29, 1.82) is 0 Å². The first-order valence-corrected chi connectivity index (χ1v) is 21.8. The number of halogens is 6. The van der Waals surface area contributed by atoms with E-state index >= 15 is 0 Å². The predicted octanol–water partition coefficient (Wildman–Crippen LogP) is 10.5. The molecule has 0 aliphatic rings. The molecule has 44 heavy (non-hydrogen) atoms. The first-order chi connectivity index (χ1) is 20.4. The lowest BCUT2D eigenvalue weighted by molar-refractivity contribution is -0.0444. The van der Waals surface area contributed by atoms with Crippen LogP contribution < -0.4 is 5.73 Å². The molecule has 0 aromatic rings. The van der Waals surface area contributed by atoms with Crippen LogP contribution in [0.25, 0.3) is 4.13 Å². The summed E-state index contributed by atoms with van der Waals surface area (Å²) in [4.78, 5) is 0. The maximum atomic E-state index is 11.4. The smallest absolute Gasteiger partial charge is 0.421 e. The van der Waals surface area contributed by atoms with Gasteiger partial charge in [-0.1, -0.05) is 97.8 Å². The summed E-state index contributed by atoms with van der Waals surface area (Å²) < 4.78 is 109. The Morgan fingerprint density at radius 2 is 0.727 bits per heavy atom. The van der Waals surface area contributed by atoms with Crippen molar-refractivity contribution in [3.8, 4) is 0 Å². The van der Waals surface area contributed by atoms with E-state index in [0.29, 0.717) is 0 Å². The molecule has 0 radical (unpaired) electrons. The monoisotopic (exact) mass is 708 g/mol. The molecule has 0 heterocycles. The van der Waals surface area contributed by atoms with Crippen molar-refractivity contribution in [3.05, 3.63) is 4.13 Å². The van der Waals surface area contributed by atoms with Gasteiger partial charge in [0.25, 0.3) is 0 Å². The lowest BCUT2D eigenvalue weighted by Crippen LogP contribution is -2.30. The Labute approximate surface area is 264 Å². The normalized spacial score (nSPS) is 13.1. The molecule has 0 atom stereocenters. The van der Waals surface area contributed by atoms with Crippen LogP contribution in [-0.4, -0.2) is 59.0 Å². The zero-order valence-electron chi connectivity index (χ0n) is 27.2. The molecule has 0 aliphatic heterocycles. The van der Waals surface area contributed by atoms with E-state index in [0.717, 1.165) is 10.7 Å². The lowest BCUT2D eigenvalue weighted by Gasteiger charge is -2.28. The van der Waals surface area contributed by atoms with E-state index in [1.165, 1.54) is 128 Å². The van der Waals surface area contributed by atoms with Crippen LogP contribution in [0.15, 0.2) is 0 Å². The minimum absolute atomic E-state index is 0.759. The van der Waals surface area contributed by atoms with Crippen LogP contribution in [0, 0.1) is 0 Å². The Bertz CT molecular complexity index is 820. The van der Waals surface area contributed by atoms with Crippen molar-refractivity contribution in [3.63, 3.8) is 0 Å². The van der Waals surface area contributed by atoms with Crippen molar-refractivity contribution in [2.45, 2.75) is 154 Å². The molecule has 0 saturated heterocycles. The van der Waals surface area contributed by atoms with Crippen LogP contribution in [0.4, 0.5) is 26.3 Å². The molecule has 0 aromatic carbocycles. The first-order valence-electron chi connectivity index (χ1n) is 16.4. The van der Waals surface area contributed by atoms with Crippen LogP contribution in [-0.2, 0) is 20.0 Å². The van der Waals surface area contributed by atoms with E-state index in [1.807, 2.05) is 0 Å². The predicted molar refractivity (Wildman–Crippen MR) is 173 cm³/mol. The van der Waals surface area contributed by atoms with Gasteiger partial charge in [-0.3, -0.25) is 0 Å². The Morgan fingerprint density at radius 1 is 0.477 bits per heavy atom. The highest BCUT2D eigenvalue weighted by Gasteiger charge is 2.47. The fraction of sp³-hybridized carbons (Fsp3) is 1.00. The summed E-state index contributed by atoms with van der Waals surface area (Å²) in [5.41, 5.74) is -6.42. The fourth-order valence-corrected chi connectivity index (χ4v) is 11.6. The zero-order chi connectivity index (χ0) is 34.2. The topological polar surface area (TPSA) is 108 Å². The Morgan fingerprint density at radius 3 is 0.977 bits per heavy atom. The SMILES string of the molecule is CCCCCCCC[P+](CCCN)(CCCCCCCC)CCCCCCCC.O=S(=O)([N-]S(=O)(=O)C(F)(F)F)C(F)(F)F. The molecule has 0 spiro atoms. The number of rotatable bonds is 26. The summed E-state index contributed by atoms with van der Waals surface area (Å²) in [7, 11) is -14.2. The zero-order valence-corrected chi connectivity index (χ0v) is 29.7. The second kappa shape index (κ2) is 24.9. The van der Waals surface area contributed by atoms with Crippen molar-refractivity contribution in [2.75, 3.05) is 31.2 Å². The summed E-state index contributed by atoms with van der Waals surface area (Å²) in [6.45, 7) is 7.88. The molecule has 268 valence electrons. The minimum atomic E-state index is -6.72. The van der Waals surface area contributed by atoms with Gasteiger partial charge in [-0.05, 0) is 51.5 Å². The van der Waals surface area contributed by atoms with Crippen molar-refractivity contribution < 1.29 is 43.2 Å². The molecule has 6 nitrogen and oxygen atoms in total. The van der Waals surface area contributed by atoms with Gasteiger partial charge >= 0.3 is 11.0 Å². The molecule has 0 fully saturated rings. The average molecular weight is 709 g/mol. The van der Waals surface area contributed by atoms with Crippen LogP contribution in [0.1, 0.15) is 143 Å². The van der Waals surface area contributed by atoms with Crippen LogP contribution in [0.2, 0.25) is 0 Å². The summed E-state index contributed by atoms with van der Waals surface area (Å²) >= 11 is 0.